The molecule has 3 rings (SSSR count). The van der Waals surface area contributed by atoms with E-state index in [2.05, 4.69) is 37.1 Å². The van der Waals surface area contributed by atoms with Gasteiger partial charge in [0.2, 0.25) is 0 Å². The van der Waals surface area contributed by atoms with Gasteiger partial charge in [-0.2, -0.15) is 5.10 Å². The molecule has 162 valence electrons. The van der Waals surface area contributed by atoms with Crippen LogP contribution in [0.5, 0.6) is 5.75 Å². The molecule has 0 saturated heterocycles. The normalized spacial score (nSPS) is 13.0. The molecule has 1 aliphatic carbocycles. The molecule has 8 nitrogen and oxygen atoms in total. The highest BCUT2D eigenvalue weighted by Gasteiger charge is 2.26. The lowest BCUT2D eigenvalue weighted by Crippen LogP contribution is -2.38. The molecule has 3 N–H and O–H groups in total. The number of nitrogens with zero attached hydrogens (tertiary/aromatic N) is 1. The molecule has 2 aromatic carbocycles. The van der Waals surface area contributed by atoms with E-state index < -0.39 is 11.8 Å². The number of hydrogen-bond donors (Lipinski definition) is 3. The van der Waals surface area contributed by atoms with Crippen LogP contribution in [0.2, 0.25) is 5.02 Å². The summed E-state index contributed by atoms with van der Waals surface area (Å²) >= 11 is 9.32. The summed E-state index contributed by atoms with van der Waals surface area (Å²) in [6, 6.07) is 10.4. The van der Waals surface area contributed by atoms with Gasteiger partial charge in [-0.05, 0) is 55.7 Å². The molecule has 0 bridgehead atoms. The maximum atomic E-state index is 12.3. The molecular formula is C21H20BrClN4O4. The molecule has 3 amide bonds. The van der Waals surface area contributed by atoms with Crippen LogP contribution in [0.25, 0.3) is 0 Å². The van der Waals surface area contributed by atoms with Crippen molar-refractivity contribution in [2.75, 3.05) is 11.9 Å². The van der Waals surface area contributed by atoms with E-state index in [4.69, 9.17) is 16.3 Å². The van der Waals surface area contributed by atoms with Crippen LogP contribution >= 0.6 is 27.5 Å². The Labute approximate surface area is 192 Å². The van der Waals surface area contributed by atoms with E-state index in [1.807, 2.05) is 6.92 Å². The largest absolute Gasteiger partial charge is 0.483 e. The molecule has 1 fully saturated rings. The Bertz CT molecular complexity index is 1040. The van der Waals surface area contributed by atoms with Crippen LogP contribution in [-0.4, -0.2) is 36.6 Å². The van der Waals surface area contributed by atoms with Crippen molar-refractivity contribution in [3.8, 4) is 5.75 Å². The van der Waals surface area contributed by atoms with Gasteiger partial charge in [-0.25, -0.2) is 5.43 Å². The predicted octanol–water partition coefficient (Wildman–Crippen LogP) is 3.16. The van der Waals surface area contributed by atoms with Crippen LogP contribution in [0.1, 0.15) is 24.0 Å². The van der Waals surface area contributed by atoms with Crippen LogP contribution in [0, 0.1) is 6.92 Å². The molecule has 0 atom stereocenters. The molecule has 0 aliphatic heterocycles. The minimum absolute atomic E-state index is 0.0779. The average Bonchev–Trinajstić information content (AvgIpc) is 3.54. The van der Waals surface area contributed by atoms with Gasteiger partial charge in [0.15, 0.2) is 6.61 Å². The van der Waals surface area contributed by atoms with E-state index >= 15 is 0 Å². The van der Waals surface area contributed by atoms with Gasteiger partial charge in [0.25, 0.3) is 5.91 Å². The first-order valence-corrected chi connectivity index (χ1v) is 10.6. The first kappa shape index (κ1) is 22.8. The Balaban J connectivity index is 1.58. The van der Waals surface area contributed by atoms with E-state index in [0.29, 0.717) is 22.0 Å². The number of hydrazone groups is 1. The molecule has 0 unspecified atom stereocenters. The number of anilines is 1. The van der Waals surface area contributed by atoms with Gasteiger partial charge in [-0.3, -0.25) is 14.4 Å². The van der Waals surface area contributed by atoms with E-state index in [0.717, 1.165) is 22.9 Å². The molecule has 31 heavy (non-hydrogen) atoms. The maximum absolute atomic E-state index is 12.3. The Kier molecular flexibility index (Phi) is 7.64. The van der Waals surface area contributed by atoms with Crippen molar-refractivity contribution in [2.24, 2.45) is 5.10 Å². The number of carbonyl (C=O) groups excluding carboxylic acids is 3. The van der Waals surface area contributed by atoms with Gasteiger partial charge in [0, 0.05) is 26.8 Å². The second-order valence-corrected chi connectivity index (χ2v) is 8.28. The summed E-state index contributed by atoms with van der Waals surface area (Å²) in [6.07, 6.45) is 3.10. The minimum Gasteiger partial charge on any atom is -0.483 e. The standard InChI is InChI=1S/C21H20BrClN4O4/c1-12-2-4-15(23)9-17(12)26-19(28)11-31-18-7-3-14(22)8-13(18)10-24-27-21(30)20(29)25-16-5-6-16/h2-4,7-10,16H,5-6,11H2,1H3,(H,25,29)(H,26,28)(H,27,30)/b24-10-. The van der Waals surface area contributed by atoms with Crippen molar-refractivity contribution in [1.82, 2.24) is 10.7 Å². The minimum atomic E-state index is -0.850. The Morgan fingerprint density at radius 1 is 1.19 bits per heavy atom. The van der Waals surface area contributed by atoms with Gasteiger partial charge in [0.1, 0.15) is 5.75 Å². The summed E-state index contributed by atoms with van der Waals surface area (Å²) < 4.78 is 6.36. The third-order valence-corrected chi connectivity index (χ3v) is 5.02. The van der Waals surface area contributed by atoms with Crippen molar-refractivity contribution < 1.29 is 19.1 Å². The van der Waals surface area contributed by atoms with Crippen molar-refractivity contribution in [1.29, 1.82) is 0 Å². The fraction of sp³-hybridized carbons (Fsp3) is 0.238. The number of ether oxygens (including phenoxy) is 1. The zero-order chi connectivity index (χ0) is 22.4. The Morgan fingerprint density at radius 2 is 1.97 bits per heavy atom. The highest BCUT2D eigenvalue weighted by molar-refractivity contribution is 9.10. The lowest BCUT2D eigenvalue weighted by atomic mass is 10.2. The SMILES string of the molecule is Cc1ccc(Cl)cc1NC(=O)COc1ccc(Br)cc1/C=N\NC(=O)C(=O)NC1CC1. The number of hydrogen-bond acceptors (Lipinski definition) is 5. The van der Waals surface area contributed by atoms with E-state index in [1.54, 1.807) is 36.4 Å². The number of carbonyl (C=O) groups is 3. The number of nitrogens with one attached hydrogen (secondary N) is 3. The Hall–Kier alpha value is -2.91. The van der Waals surface area contributed by atoms with Gasteiger partial charge >= 0.3 is 11.8 Å². The molecule has 10 heteroatoms. The van der Waals surface area contributed by atoms with Crippen LogP contribution in [0.15, 0.2) is 46.0 Å². The average molecular weight is 508 g/mol. The van der Waals surface area contributed by atoms with E-state index in [9.17, 15) is 14.4 Å². The summed E-state index contributed by atoms with van der Waals surface area (Å²) in [5, 5.41) is 9.65. The van der Waals surface area contributed by atoms with E-state index in [1.165, 1.54) is 6.21 Å². The Morgan fingerprint density at radius 3 is 2.71 bits per heavy atom. The monoisotopic (exact) mass is 506 g/mol. The quantitative estimate of drug-likeness (QED) is 0.304. The topological polar surface area (TPSA) is 109 Å². The number of halogens is 2. The lowest BCUT2D eigenvalue weighted by Gasteiger charge is -2.11. The third-order valence-electron chi connectivity index (χ3n) is 4.29. The molecule has 0 heterocycles. The highest BCUT2D eigenvalue weighted by Crippen LogP contribution is 2.23. The summed E-state index contributed by atoms with van der Waals surface area (Å²) in [6.45, 7) is 1.61. The second-order valence-electron chi connectivity index (χ2n) is 6.93. The molecule has 0 aromatic heterocycles. The van der Waals surface area contributed by atoms with Crippen LogP contribution in [0.3, 0.4) is 0 Å². The van der Waals surface area contributed by atoms with Crippen molar-refractivity contribution in [3.63, 3.8) is 0 Å². The summed E-state index contributed by atoms with van der Waals surface area (Å²) in [5.41, 5.74) is 4.15. The number of amides is 3. The van der Waals surface area contributed by atoms with Gasteiger partial charge in [0.05, 0.1) is 6.21 Å². The number of rotatable bonds is 7. The highest BCUT2D eigenvalue weighted by atomic mass is 79.9. The molecule has 0 radical (unpaired) electrons. The summed E-state index contributed by atoms with van der Waals surface area (Å²) in [4.78, 5) is 35.7. The van der Waals surface area contributed by atoms with Gasteiger partial charge < -0.3 is 15.4 Å². The predicted molar refractivity (Wildman–Crippen MR) is 121 cm³/mol. The smallest absolute Gasteiger partial charge is 0.329 e. The first-order valence-electron chi connectivity index (χ1n) is 9.44. The zero-order valence-electron chi connectivity index (χ0n) is 16.6. The van der Waals surface area contributed by atoms with Crippen LogP contribution in [-0.2, 0) is 14.4 Å². The molecule has 1 saturated carbocycles. The van der Waals surface area contributed by atoms with E-state index in [-0.39, 0.29) is 18.6 Å². The molecule has 0 spiro atoms. The molecule has 2 aromatic rings. The van der Waals surface area contributed by atoms with Crippen molar-refractivity contribution in [3.05, 3.63) is 57.0 Å². The lowest BCUT2D eigenvalue weighted by molar-refractivity contribution is -0.139. The number of benzene rings is 2. The fourth-order valence-electron chi connectivity index (χ4n) is 2.50. The van der Waals surface area contributed by atoms with Gasteiger partial charge in [-0.15, -0.1) is 0 Å². The van der Waals surface area contributed by atoms with Crippen LogP contribution in [0.4, 0.5) is 5.69 Å². The van der Waals surface area contributed by atoms with Crippen LogP contribution < -0.4 is 20.8 Å². The maximum Gasteiger partial charge on any atom is 0.329 e. The zero-order valence-corrected chi connectivity index (χ0v) is 18.9. The molecular weight excluding hydrogens is 488 g/mol. The van der Waals surface area contributed by atoms with Gasteiger partial charge in [-0.1, -0.05) is 33.6 Å². The second kappa shape index (κ2) is 10.4. The first-order chi connectivity index (χ1) is 14.8. The van der Waals surface area contributed by atoms with Crippen molar-refractivity contribution >= 4 is 57.2 Å². The third kappa shape index (κ3) is 7.08. The summed E-state index contributed by atoms with van der Waals surface area (Å²) in [5.74, 6) is -1.56. The molecule has 1 aliphatic rings. The van der Waals surface area contributed by atoms with Crippen molar-refractivity contribution in [2.45, 2.75) is 25.8 Å². The number of aryl methyl sites for hydroxylation is 1. The summed E-state index contributed by atoms with van der Waals surface area (Å²) in [7, 11) is 0. The fourth-order valence-corrected chi connectivity index (χ4v) is 3.05.